The van der Waals surface area contributed by atoms with Crippen LogP contribution >= 0.6 is 0 Å². The van der Waals surface area contributed by atoms with E-state index < -0.39 is 0 Å². The molecule has 0 aromatic heterocycles. The van der Waals surface area contributed by atoms with Crippen molar-refractivity contribution in [1.82, 2.24) is 5.32 Å². The molecule has 1 rings (SSSR count). The fraction of sp³-hybridized carbons (Fsp3) is 0.667. The maximum Gasteiger partial charge on any atom is 0.0832 e. The van der Waals surface area contributed by atoms with Crippen LogP contribution in [0.25, 0.3) is 0 Å². The molecule has 2 nitrogen and oxygen atoms in total. The molecule has 0 saturated heterocycles. The van der Waals surface area contributed by atoms with Gasteiger partial charge in [0.15, 0.2) is 0 Å². The monoisotopic (exact) mass is 277 g/mol. The van der Waals surface area contributed by atoms with Gasteiger partial charge >= 0.3 is 0 Å². The fourth-order valence-electron chi connectivity index (χ4n) is 3.05. The summed E-state index contributed by atoms with van der Waals surface area (Å²) in [5.41, 5.74) is 4.05. The third-order valence-corrected chi connectivity index (χ3v) is 4.62. The Balaban J connectivity index is 2.96. The molecule has 0 aliphatic heterocycles. The number of likely N-dealkylation sites (N-methyl/N-ethyl adjacent to an activating group) is 1. The van der Waals surface area contributed by atoms with Crippen LogP contribution in [0.3, 0.4) is 0 Å². The van der Waals surface area contributed by atoms with E-state index in [9.17, 15) is 0 Å². The van der Waals surface area contributed by atoms with Crippen LogP contribution in [0.1, 0.15) is 50.3 Å². The molecule has 1 aromatic rings. The van der Waals surface area contributed by atoms with Crippen LogP contribution in [0, 0.1) is 13.8 Å². The van der Waals surface area contributed by atoms with E-state index in [1.165, 1.54) is 16.7 Å². The molecular weight excluding hydrogens is 246 g/mol. The van der Waals surface area contributed by atoms with Crippen LogP contribution in [-0.4, -0.2) is 25.3 Å². The highest BCUT2D eigenvalue weighted by molar-refractivity contribution is 5.30. The van der Waals surface area contributed by atoms with E-state index in [0.29, 0.717) is 6.04 Å². The van der Waals surface area contributed by atoms with E-state index in [-0.39, 0.29) is 5.60 Å². The third-order valence-electron chi connectivity index (χ3n) is 4.62. The molecule has 1 atom stereocenters. The highest BCUT2D eigenvalue weighted by Crippen LogP contribution is 2.27. The molecule has 0 fully saturated rings. The number of benzene rings is 1. The van der Waals surface area contributed by atoms with Crippen LogP contribution in [0.2, 0.25) is 0 Å². The summed E-state index contributed by atoms with van der Waals surface area (Å²) in [5.74, 6) is 0. The van der Waals surface area contributed by atoms with Crippen molar-refractivity contribution >= 4 is 0 Å². The van der Waals surface area contributed by atoms with Crippen molar-refractivity contribution < 1.29 is 4.74 Å². The number of nitrogens with one attached hydrogen (secondary N) is 1. The summed E-state index contributed by atoms with van der Waals surface area (Å²) in [6.45, 7) is 11.7. The Morgan fingerprint density at radius 2 is 1.75 bits per heavy atom. The van der Waals surface area contributed by atoms with Gasteiger partial charge in [-0.1, -0.05) is 32.0 Å². The van der Waals surface area contributed by atoms with Crippen molar-refractivity contribution in [3.63, 3.8) is 0 Å². The molecule has 0 aliphatic rings. The molecule has 0 aliphatic carbocycles. The van der Waals surface area contributed by atoms with Crippen LogP contribution in [0.5, 0.6) is 0 Å². The predicted molar refractivity (Wildman–Crippen MR) is 87.4 cm³/mol. The smallest absolute Gasteiger partial charge is 0.0832 e. The Morgan fingerprint density at radius 3 is 2.20 bits per heavy atom. The molecule has 0 amide bonds. The van der Waals surface area contributed by atoms with Crippen LogP contribution in [0.4, 0.5) is 0 Å². The van der Waals surface area contributed by atoms with Gasteiger partial charge in [-0.3, -0.25) is 0 Å². The molecule has 0 bridgehead atoms. The van der Waals surface area contributed by atoms with E-state index in [4.69, 9.17) is 4.74 Å². The summed E-state index contributed by atoms with van der Waals surface area (Å²) in [7, 11) is 2.05. The highest BCUT2D eigenvalue weighted by Gasteiger charge is 2.35. The van der Waals surface area contributed by atoms with Gasteiger partial charge in [-0.25, -0.2) is 0 Å². The molecule has 0 spiro atoms. The second-order valence-corrected chi connectivity index (χ2v) is 5.67. The van der Waals surface area contributed by atoms with Gasteiger partial charge in [0.25, 0.3) is 0 Å². The molecule has 0 heterocycles. The predicted octanol–water partition coefficient (Wildman–Crippen LogP) is 4.03. The molecule has 1 unspecified atom stereocenters. The van der Waals surface area contributed by atoms with Crippen molar-refractivity contribution in [1.29, 1.82) is 0 Å². The lowest BCUT2D eigenvalue weighted by molar-refractivity contribution is -0.0703. The average Bonchev–Trinajstić information content (AvgIpc) is 2.46. The van der Waals surface area contributed by atoms with Gasteiger partial charge < -0.3 is 10.1 Å². The standard InChI is InChI=1S/C18H31NO/c1-7-18(8-2,20-9-3)17(19-6)13-16-11-10-14(4)15(5)12-16/h10-12,17,19H,7-9,13H2,1-6H3. The Kier molecular flexibility index (Phi) is 6.70. The summed E-state index contributed by atoms with van der Waals surface area (Å²) in [6.07, 6.45) is 3.08. The zero-order valence-corrected chi connectivity index (χ0v) is 14.0. The molecule has 1 aromatic carbocycles. The SMILES string of the molecule is CCOC(CC)(CC)C(Cc1ccc(C)c(C)c1)NC. The second kappa shape index (κ2) is 7.80. The average molecular weight is 277 g/mol. The second-order valence-electron chi connectivity index (χ2n) is 5.67. The Hall–Kier alpha value is -0.860. The van der Waals surface area contributed by atoms with Crippen molar-refractivity contribution in [2.24, 2.45) is 0 Å². The maximum absolute atomic E-state index is 6.14. The van der Waals surface area contributed by atoms with Crippen molar-refractivity contribution in [2.45, 2.75) is 65.5 Å². The lowest BCUT2D eigenvalue weighted by atomic mass is 9.84. The zero-order valence-electron chi connectivity index (χ0n) is 14.0. The van der Waals surface area contributed by atoms with Crippen molar-refractivity contribution in [3.05, 3.63) is 34.9 Å². The molecule has 20 heavy (non-hydrogen) atoms. The highest BCUT2D eigenvalue weighted by atomic mass is 16.5. The number of rotatable bonds is 8. The van der Waals surface area contributed by atoms with Gasteiger partial charge in [0, 0.05) is 12.6 Å². The zero-order chi connectivity index (χ0) is 15.2. The summed E-state index contributed by atoms with van der Waals surface area (Å²) < 4.78 is 6.14. The molecule has 0 radical (unpaired) electrons. The van der Waals surface area contributed by atoms with Gasteiger partial charge in [-0.15, -0.1) is 0 Å². The Bertz CT molecular complexity index is 410. The number of hydrogen-bond donors (Lipinski definition) is 1. The molecule has 2 heteroatoms. The first-order valence-electron chi connectivity index (χ1n) is 7.90. The van der Waals surface area contributed by atoms with Crippen LogP contribution in [0.15, 0.2) is 18.2 Å². The minimum Gasteiger partial charge on any atom is -0.374 e. The van der Waals surface area contributed by atoms with Crippen LogP contribution in [-0.2, 0) is 11.2 Å². The number of aryl methyl sites for hydroxylation is 2. The normalized spacial score (nSPS) is 13.5. The van der Waals surface area contributed by atoms with Crippen LogP contribution < -0.4 is 5.32 Å². The first-order chi connectivity index (χ1) is 9.52. The first kappa shape index (κ1) is 17.2. The topological polar surface area (TPSA) is 21.3 Å². The van der Waals surface area contributed by atoms with Crippen molar-refractivity contribution in [3.8, 4) is 0 Å². The van der Waals surface area contributed by atoms with Gasteiger partial charge in [0.1, 0.15) is 0 Å². The minimum atomic E-state index is -0.0672. The summed E-state index contributed by atoms with van der Waals surface area (Å²) in [6, 6.07) is 7.12. The molecular formula is C18H31NO. The van der Waals surface area contributed by atoms with E-state index in [1.807, 2.05) is 7.05 Å². The largest absolute Gasteiger partial charge is 0.374 e. The first-order valence-corrected chi connectivity index (χ1v) is 7.90. The van der Waals surface area contributed by atoms with E-state index in [0.717, 1.165) is 25.9 Å². The van der Waals surface area contributed by atoms with E-state index in [2.05, 4.69) is 58.1 Å². The van der Waals surface area contributed by atoms with Gasteiger partial charge in [-0.2, -0.15) is 0 Å². The minimum absolute atomic E-state index is 0.0672. The number of hydrogen-bond acceptors (Lipinski definition) is 2. The van der Waals surface area contributed by atoms with Gasteiger partial charge in [0.2, 0.25) is 0 Å². The van der Waals surface area contributed by atoms with E-state index in [1.54, 1.807) is 0 Å². The number of ether oxygens (including phenoxy) is 1. The summed E-state index contributed by atoms with van der Waals surface area (Å²) >= 11 is 0. The molecule has 1 N–H and O–H groups in total. The lowest BCUT2D eigenvalue weighted by Gasteiger charge is -2.39. The molecule has 0 saturated carbocycles. The maximum atomic E-state index is 6.14. The Labute approximate surface area is 124 Å². The van der Waals surface area contributed by atoms with Crippen molar-refractivity contribution in [2.75, 3.05) is 13.7 Å². The fourth-order valence-corrected chi connectivity index (χ4v) is 3.05. The quantitative estimate of drug-likeness (QED) is 0.774. The van der Waals surface area contributed by atoms with Gasteiger partial charge in [-0.05, 0) is 63.8 Å². The molecule has 114 valence electrons. The summed E-state index contributed by atoms with van der Waals surface area (Å²) in [4.78, 5) is 0. The van der Waals surface area contributed by atoms with E-state index >= 15 is 0 Å². The lowest BCUT2D eigenvalue weighted by Crippen LogP contribution is -2.52. The van der Waals surface area contributed by atoms with Gasteiger partial charge in [0.05, 0.1) is 5.60 Å². The third kappa shape index (κ3) is 3.83. The summed E-state index contributed by atoms with van der Waals surface area (Å²) in [5, 5.41) is 3.49. The Morgan fingerprint density at radius 1 is 1.10 bits per heavy atom.